The quantitative estimate of drug-likeness (QED) is 0.328. The third kappa shape index (κ3) is 4.40. The lowest BCUT2D eigenvalue weighted by Crippen LogP contribution is -2.44. The van der Waals surface area contributed by atoms with E-state index in [0.717, 1.165) is 24.0 Å². The van der Waals surface area contributed by atoms with Gasteiger partial charge in [0.05, 0.1) is 32.0 Å². The van der Waals surface area contributed by atoms with E-state index in [1.165, 1.54) is 7.11 Å². The number of phenolic OH excluding ortho intramolecular Hbond substituents is 2. The maximum absolute atomic E-state index is 11.2. The van der Waals surface area contributed by atoms with Gasteiger partial charge in [-0.15, -0.1) is 0 Å². The number of fused-ring (bicyclic) bond motifs is 1. The fourth-order valence-corrected chi connectivity index (χ4v) is 6.04. The summed E-state index contributed by atoms with van der Waals surface area (Å²) < 4.78 is 12.1. The molecule has 8 heteroatoms. The summed E-state index contributed by atoms with van der Waals surface area (Å²) in [4.78, 5) is 4.12. The number of ether oxygens (including phenoxy) is 2. The fourth-order valence-electron chi connectivity index (χ4n) is 6.04. The third-order valence-electron chi connectivity index (χ3n) is 7.83. The summed E-state index contributed by atoms with van der Waals surface area (Å²) in [6.07, 6.45) is 5.02. The molecule has 1 saturated carbocycles. The molecule has 3 aromatic rings. The molecule has 192 valence electrons. The monoisotopic (exact) mass is 494 g/mol. The summed E-state index contributed by atoms with van der Waals surface area (Å²) in [6, 6.07) is 9.07. The average Bonchev–Trinajstić information content (AvgIpc) is 3.39. The Labute approximate surface area is 209 Å². The number of aromatic nitrogens is 1. The molecular weight excluding hydrogens is 462 g/mol. The van der Waals surface area contributed by atoms with Gasteiger partial charge in [0.1, 0.15) is 5.75 Å². The number of aromatic hydroxyl groups is 3. The molecule has 0 amide bonds. The molecule has 5 rings (SSSR count). The molecule has 2 fully saturated rings. The molecule has 2 heterocycles. The predicted octanol–water partition coefficient (Wildman–Crippen LogP) is 3.63. The van der Waals surface area contributed by atoms with Gasteiger partial charge in [-0.05, 0) is 54.9 Å². The molecule has 5 unspecified atom stereocenters. The van der Waals surface area contributed by atoms with Crippen molar-refractivity contribution in [1.29, 1.82) is 0 Å². The number of rotatable bonds is 6. The molecule has 36 heavy (non-hydrogen) atoms. The molecule has 0 radical (unpaired) electrons. The van der Waals surface area contributed by atoms with E-state index in [1.54, 1.807) is 24.5 Å². The van der Waals surface area contributed by atoms with Gasteiger partial charge < -0.3 is 40.0 Å². The van der Waals surface area contributed by atoms with Gasteiger partial charge in [-0.25, -0.2) is 0 Å². The fraction of sp³-hybridized carbons (Fsp3) is 0.429. The lowest BCUT2D eigenvalue weighted by atomic mass is 9.71. The summed E-state index contributed by atoms with van der Waals surface area (Å²) in [5.41, 5.74) is 3.30. The summed E-state index contributed by atoms with van der Waals surface area (Å²) in [5.74, 6) is -0.317. The van der Waals surface area contributed by atoms with E-state index in [9.17, 15) is 25.5 Å². The van der Waals surface area contributed by atoms with E-state index in [2.05, 4.69) is 4.98 Å². The first-order valence-corrected chi connectivity index (χ1v) is 12.3. The van der Waals surface area contributed by atoms with Crippen molar-refractivity contribution < 1.29 is 35.0 Å². The van der Waals surface area contributed by atoms with Crippen LogP contribution in [0.1, 0.15) is 65.5 Å². The molecule has 1 aliphatic heterocycles. The van der Waals surface area contributed by atoms with Crippen molar-refractivity contribution in [3.8, 4) is 23.0 Å². The number of nitrogens with zero attached hydrogens (tertiary/aromatic N) is 1. The largest absolute Gasteiger partial charge is 0.670 e. The summed E-state index contributed by atoms with van der Waals surface area (Å²) in [5, 5.41) is 52.4. The highest BCUT2D eigenvalue weighted by atomic mass is 16.5. The highest BCUT2D eigenvalue weighted by molar-refractivity contribution is 5.64. The molecule has 1 aliphatic carbocycles. The van der Waals surface area contributed by atoms with Gasteiger partial charge in [-0.2, -0.15) is 12.4 Å². The predicted molar refractivity (Wildman–Crippen MR) is 131 cm³/mol. The number of benzene rings is 2. The minimum atomic E-state index is -0.614. The second-order valence-corrected chi connectivity index (χ2v) is 9.84. The van der Waals surface area contributed by atoms with Crippen LogP contribution in [0.5, 0.6) is 23.0 Å². The average molecular weight is 495 g/mol. The first kappa shape index (κ1) is 24.5. The summed E-state index contributed by atoms with van der Waals surface area (Å²) >= 11 is 0. The second kappa shape index (κ2) is 10.0. The first-order chi connectivity index (χ1) is 17.4. The number of hydrogen-bond donors (Lipinski definition) is 5. The lowest BCUT2D eigenvalue weighted by Gasteiger charge is -2.45. The van der Waals surface area contributed by atoms with Crippen LogP contribution >= 0.6 is 0 Å². The standard InChI is InChI=1S/C28H32NO7/c1-35-28-20(10-15-8-9-29-13-15)25(21(14-30)26(33)27(28)34)24-12-22(32)19-7-4-17(11-23(19)36-24)16-2-5-18(31)6-3-16/h2-3,5-6,8-9,13,17,19,22-24,30-34H,4,7,10-12,14H2,1H3/q-1. The Morgan fingerprint density at radius 1 is 1.00 bits per heavy atom. The Bertz CT molecular complexity index is 1190. The minimum Gasteiger partial charge on any atom is -0.670 e. The molecule has 0 bridgehead atoms. The Hall–Kier alpha value is -3.20. The SMILES string of the molecule is COc1c(O)c(O)c(CO)c(C2CC(O)C3CCC(c4ccc(O)cc4)CC3O2)c1Cc1cc[n-]c1. The third-order valence-corrected chi connectivity index (χ3v) is 7.83. The number of hydrogen-bond acceptors (Lipinski definition) is 7. The molecule has 5 atom stereocenters. The van der Waals surface area contributed by atoms with E-state index < -0.39 is 30.3 Å². The van der Waals surface area contributed by atoms with E-state index in [0.29, 0.717) is 30.4 Å². The molecule has 8 nitrogen and oxygen atoms in total. The van der Waals surface area contributed by atoms with Crippen molar-refractivity contribution >= 4 is 0 Å². The van der Waals surface area contributed by atoms with Crippen molar-refractivity contribution in [1.82, 2.24) is 4.98 Å². The van der Waals surface area contributed by atoms with Crippen LogP contribution < -0.4 is 9.72 Å². The number of phenols is 3. The van der Waals surface area contributed by atoms with Gasteiger partial charge >= 0.3 is 0 Å². The zero-order valence-electron chi connectivity index (χ0n) is 20.2. The molecule has 5 N–H and O–H groups in total. The van der Waals surface area contributed by atoms with Crippen LogP contribution in [-0.2, 0) is 17.8 Å². The highest BCUT2D eigenvalue weighted by Gasteiger charge is 2.44. The molecule has 1 saturated heterocycles. The van der Waals surface area contributed by atoms with Crippen molar-refractivity contribution in [3.63, 3.8) is 0 Å². The first-order valence-electron chi connectivity index (χ1n) is 12.3. The Balaban J connectivity index is 1.52. The summed E-state index contributed by atoms with van der Waals surface area (Å²) in [6.45, 7) is -0.509. The Morgan fingerprint density at radius 2 is 1.78 bits per heavy atom. The van der Waals surface area contributed by atoms with E-state index in [4.69, 9.17) is 9.47 Å². The van der Waals surface area contributed by atoms with Crippen LogP contribution in [0.2, 0.25) is 0 Å². The smallest absolute Gasteiger partial charge is 0.201 e. The van der Waals surface area contributed by atoms with Crippen LogP contribution in [0.25, 0.3) is 0 Å². The lowest BCUT2D eigenvalue weighted by molar-refractivity contribution is -0.154. The van der Waals surface area contributed by atoms with E-state index >= 15 is 0 Å². The van der Waals surface area contributed by atoms with Crippen LogP contribution in [0.4, 0.5) is 0 Å². The van der Waals surface area contributed by atoms with Gasteiger partial charge in [0.2, 0.25) is 5.75 Å². The van der Waals surface area contributed by atoms with Crippen LogP contribution in [-0.4, -0.2) is 44.9 Å². The van der Waals surface area contributed by atoms with Gasteiger partial charge in [0.15, 0.2) is 11.5 Å². The van der Waals surface area contributed by atoms with Crippen molar-refractivity contribution in [3.05, 3.63) is 70.5 Å². The molecule has 2 aliphatic rings. The zero-order chi connectivity index (χ0) is 25.4. The number of aliphatic hydroxyl groups excluding tert-OH is 2. The van der Waals surface area contributed by atoms with Gasteiger partial charge in [-0.1, -0.05) is 23.8 Å². The van der Waals surface area contributed by atoms with Crippen LogP contribution in [0.3, 0.4) is 0 Å². The summed E-state index contributed by atoms with van der Waals surface area (Å²) in [7, 11) is 1.42. The van der Waals surface area contributed by atoms with E-state index in [1.807, 2.05) is 18.2 Å². The van der Waals surface area contributed by atoms with Gasteiger partial charge in [0.25, 0.3) is 0 Å². The van der Waals surface area contributed by atoms with Gasteiger partial charge in [-0.3, -0.25) is 0 Å². The van der Waals surface area contributed by atoms with Gasteiger partial charge in [0, 0.05) is 23.5 Å². The van der Waals surface area contributed by atoms with E-state index in [-0.39, 0.29) is 35.0 Å². The maximum Gasteiger partial charge on any atom is 0.201 e. The molecule has 0 spiro atoms. The maximum atomic E-state index is 11.2. The van der Waals surface area contributed by atoms with Crippen molar-refractivity contribution in [2.75, 3.05) is 7.11 Å². The molecular formula is C28H32NO7-. The Kier molecular flexibility index (Phi) is 6.83. The Morgan fingerprint density at radius 3 is 2.44 bits per heavy atom. The van der Waals surface area contributed by atoms with Crippen molar-refractivity contribution in [2.24, 2.45) is 5.92 Å². The topological polar surface area (TPSA) is 134 Å². The van der Waals surface area contributed by atoms with Crippen LogP contribution in [0, 0.1) is 5.92 Å². The molecule has 1 aromatic heterocycles. The highest BCUT2D eigenvalue weighted by Crippen LogP contribution is 2.52. The molecule has 2 aromatic carbocycles. The zero-order valence-corrected chi connectivity index (χ0v) is 20.2. The second-order valence-electron chi connectivity index (χ2n) is 9.84. The number of aliphatic hydroxyl groups is 2. The normalized spacial score (nSPS) is 25.9. The van der Waals surface area contributed by atoms with Crippen LogP contribution in [0.15, 0.2) is 42.7 Å². The van der Waals surface area contributed by atoms with Crippen molar-refractivity contribution in [2.45, 2.75) is 62.9 Å². The number of methoxy groups -OCH3 is 1. The minimum absolute atomic E-state index is 0.0116.